The molecule has 0 fully saturated rings. The molecular formula is C25H19F2NO3. The molecule has 4 aromatic rings. The number of amides is 1. The number of methoxy groups -OCH3 is 1. The van der Waals surface area contributed by atoms with Gasteiger partial charge in [-0.05, 0) is 45.3 Å². The molecule has 0 unspecified atom stereocenters. The van der Waals surface area contributed by atoms with Crippen LogP contribution in [0, 0.1) is 11.6 Å². The monoisotopic (exact) mass is 419 g/mol. The van der Waals surface area contributed by atoms with Crippen LogP contribution in [0.1, 0.15) is 15.9 Å². The average Bonchev–Trinajstić information content (AvgIpc) is 2.77. The summed E-state index contributed by atoms with van der Waals surface area (Å²) in [6.45, 7) is 0. The lowest BCUT2D eigenvalue weighted by Crippen LogP contribution is -2.43. The highest BCUT2D eigenvalue weighted by molar-refractivity contribution is 6.03. The highest BCUT2D eigenvalue weighted by Gasteiger charge is 2.25. The minimum atomic E-state index is -1.06. The number of halogens is 2. The number of carbonyl (C=O) groups is 2. The molecule has 31 heavy (non-hydrogen) atoms. The van der Waals surface area contributed by atoms with Gasteiger partial charge >= 0.3 is 5.97 Å². The number of hydrogen-bond donors (Lipinski definition) is 1. The number of rotatable bonds is 5. The lowest BCUT2D eigenvalue weighted by atomic mass is 9.92. The molecule has 0 aliphatic carbocycles. The fourth-order valence-corrected chi connectivity index (χ4v) is 3.78. The summed E-state index contributed by atoms with van der Waals surface area (Å²) in [5.74, 6) is -3.28. The van der Waals surface area contributed by atoms with Crippen LogP contribution < -0.4 is 5.32 Å². The predicted molar refractivity (Wildman–Crippen MR) is 115 cm³/mol. The molecule has 1 N–H and O–H groups in total. The fourth-order valence-electron chi connectivity index (χ4n) is 3.78. The quantitative estimate of drug-likeness (QED) is 0.374. The Labute approximate surface area is 177 Å². The van der Waals surface area contributed by atoms with Gasteiger partial charge < -0.3 is 10.1 Å². The molecule has 4 nitrogen and oxygen atoms in total. The van der Waals surface area contributed by atoms with Crippen LogP contribution >= 0.6 is 0 Å². The van der Waals surface area contributed by atoms with E-state index in [-0.39, 0.29) is 12.0 Å². The van der Waals surface area contributed by atoms with Crippen molar-refractivity contribution in [1.29, 1.82) is 0 Å². The molecule has 0 saturated heterocycles. The minimum absolute atomic E-state index is 0.142. The van der Waals surface area contributed by atoms with Crippen LogP contribution in [0.15, 0.2) is 72.8 Å². The summed E-state index contributed by atoms with van der Waals surface area (Å²) in [7, 11) is 1.22. The second-order valence-electron chi connectivity index (χ2n) is 7.17. The Morgan fingerprint density at radius 1 is 0.903 bits per heavy atom. The van der Waals surface area contributed by atoms with Gasteiger partial charge in [-0.3, -0.25) is 4.79 Å². The van der Waals surface area contributed by atoms with Crippen LogP contribution in [0.4, 0.5) is 8.78 Å². The van der Waals surface area contributed by atoms with E-state index in [0.29, 0.717) is 6.07 Å². The van der Waals surface area contributed by atoms with E-state index in [1.54, 1.807) is 0 Å². The molecule has 0 aliphatic rings. The van der Waals surface area contributed by atoms with Crippen molar-refractivity contribution in [3.05, 3.63) is 95.6 Å². The summed E-state index contributed by atoms with van der Waals surface area (Å²) < 4.78 is 32.1. The Hall–Kier alpha value is -3.80. The van der Waals surface area contributed by atoms with Crippen LogP contribution in [-0.4, -0.2) is 25.0 Å². The highest BCUT2D eigenvalue weighted by atomic mass is 19.1. The summed E-state index contributed by atoms with van der Waals surface area (Å²) in [6, 6.07) is 19.2. The molecule has 0 bridgehead atoms. The van der Waals surface area contributed by atoms with Gasteiger partial charge in [0.25, 0.3) is 5.91 Å². The molecule has 1 amide bonds. The standard InChI is InChI=1S/C25H19F2NO3/c1-31-25(30)23(28-24(29)20-11-10-17(26)13-22(20)27)14-21-18-8-4-2-6-15(18)12-16-7-3-5-9-19(16)21/h2-13,23H,14H2,1H3,(H,28,29)/t23-/m0/s1. The van der Waals surface area contributed by atoms with Gasteiger partial charge in [0, 0.05) is 12.5 Å². The van der Waals surface area contributed by atoms with Gasteiger partial charge in [-0.2, -0.15) is 0 Å². The van der Waals surface area contributed by atoms with Crippen LogP contribution in [0.3, 0.4) is 0 Å². The van der Waals surface area contributed by atoms with Gasteiger partial charge in [-0.25, -0.2) is 13.6 Å². The first kappa shape index (κ1) is 20.5. The molecule has 4 aromatic carbocycles. The van der Waals surface area contributed by atoms with Gasteiger partial charge in [0.15, 0.2) is 0 Å². The Morgan fingerprint density at radius 2 is 1.52 bits per heavy atom. The van der Waals surface area contributed by atoms with Crippen molar-refractivity contribution in [2.45, 2.75) is 12.5 Å². The number of esters is 1. The Balaban J connectivity index is 1.75. The molecule has 0 spiro atoms. The van der Waals surface area contributed by atoms with Crippen molar-refractivity contribution in [3.8, 4) is 0 Å². The second kappa shape index (κ2) is 8.52. The summed E-state index contributed by atoms with van der Waals surface area (Å²) in [6.07, 6.45) is 0.142. The SMILES string of the molecule is COC(=O)[C@H](Cc1c2ccccc2cc2ccccc12)NC(=O)c1ccc(F)cc1F. The Morgan fingerprint density at radius 3 is 2.10 bits per heavy atom. The van der Waals surface area contributed by atoms with Gasteiger partial charge in [-0.1, -0.05) is 48.5 Å². The average molecular weight is 419 g/mol. The van der Waals surface area contributed by atoms with E-state index in [0.717, 1.165) is 39.2 Å². The molecule has 0 aromatic heterocycles. The first-order chi connectivity index (χ1) is 15.0. The first-order valence-electron chi connectivity index (χ1n) is 9.71. The Bertz CT molecular complexity index is 1250. The normalized spacial score (nSPS) is 12.0. The van der Waals surface area contributed by atoms with Crippen LogP contribution in [-0.2, 0) is 16.0 Å². The molecule has 4 rings (SSSR count). The lowest BCUT2D eigenvalue weighted by Gasteiger charge is -2.19. The number of hydrogen-bond acceptors (Lipinski definition) is 3. The van der Waals surface area contributed by atoms with E-state index < -0.39 is 29.6 Å². The molecule has 0 radical (unpaired) electrons. The minimum Gasteiger partial charge on any atom is -0.467 e. The van der Waals surface area contributed by atoms with Crippen molar-refractivity contribution >= 4 is 33.4 Å². The number of carbonyl (C=O) groups excluding carboxylic acids is 2. The van der Waals surface area contributed by atoms with Crippen molar-refractivity contribution in [2.75, 3.05) is 7.11 Å². The zero-order chi connectivity index (χ0) is 22.0. The van der Waals surface area contributed by atoms with E-state index in [9.17, 15) is 18.4 Å². The number of ether oxygens (including phenoxy) is 1. The highest BCUT2D eigenvalue weighted by Crippen LogP contribution is 2.29. The van der Waals surface area contributed by atoms with Crippen molar-refractivity contribution in [3.63, 3.8) is 0 Å². The summed E-state index contributed by atoms with van der Waals surface area (Å²) in [5, 5.41) is 6.42. The largest absolute Gasteiger partial charge is 0.467 e. The van der Waals surface area contributed by atoms with Gasteiger partial charge in [0.05, 0.1) is 12.7 Å². The van der Waals surface area contributed by atoms with Gasteiger partial charge in [-0.15, -0.1) is 0 Å². The third-order valence-electron chi connectivity index (χ3n) is 5.26. The summed E-state index contributed by atoms with van der Waals surface area (Å²) in [4.78, 5) is 25.1. The smallest absolute Gasteiger partial charge is 0.328 e. The number of nitrogens with one attached hydrogen (secondary N) is 1. The van der Waals surface area contributed by atoms with Crippen LogP contribution in [0.5, 0.6) is 0 Å². The summed E-state index contributed by atoms with van der Waals surface area (Å²) in [5.41, 5.74) is 0.516. The maximum atomic E-state index is 14.1. The number of benzene rings is 4. The molecule has 156 valence electrons. The molecule has 0 saturated carbocycles. The van der Waals surface area contributed by atoms with Crippen molar-refractivity contribution in [1.82, 2.24) is 5.32 Å². The van der Waals surface area contributed by atoms with E-state index in [4.69, 9.17) is 4.74 Å². The predicted octanol–water partition coefficient (Wildman–Crippen LogP) is 4.79. The molecule has 6 heteroatoms. The van der Waals surface area contributed by atoms with E-state index in [2.05, 4.69) is 11.4 Å². The van der Waals surface area contributed by atoms with Gasteiger partial charge in [0.1, 0.15) is 17.7 Å². The van der Waals surface area contributed by atoms with E-state index >= 15 is 0 Å². The third kappa shape index (κ3) is 4.10. The van der Waals surface area contributed by atoms with E-state index in [1.165, 1.54) is 7.11 Å². The van der Waals surface area contributed by atoms with E-state index in [1.807, 2.05) is 48.5 Å². The number of fused-ring (bicyclic) bond motifs is 2. The first-order valence-corrected chi connectivity index (χ1v) is 9.71. The molecule has 1 atom stereocenters. The fraction of sp³-hybridized carbons (Fsp3) is 0.120. The van der Waals surface area contributed by atoms with Gasteiger partial charge in [0.2, 0.25) is 0 Å². The van der Waals surface area contributed by atoms with Crippen LogP contribution in [0.2, 0.25) is 0 Å². The van der Waals surface area contributed by atoms with Crippen molar-refractivity contribution in [2.24, 2.45) is 0 Å². The maximum absolute atomic E-state index is 14.1. The topological polar surface area (TPSA) is 55.4 Å². The molecular weight excluding hydrogens is 400 g/mol. The third-order valence-corrected chi connectivity index (χ3v) is 5.26. The summed E-state index contributed by atoms with van der Waals surface area (Å²) >= 11 is 0. The zero-order valence-corrected chi connectivity index (χ0v) is 16.7. The molecule has 0 aliphatic heterocycles. The maximum Gasteiger partial charge on any atom is 0.328 e. The lowest BCUT2D eigenvalue weighted by molar-refractivity contribution is -0.142. The van der Waals surface area contributed by atoms with Crippen LogP contribution in [0.25, 0.3) is 21.5 Å². The van der Waals surface area contributed by atoms with Crippen molar-refractivity contribution < 1.29 is 23.1 Å². The molecule has 0 heterocycles. The second-order valence-corrected chi connectivity index (χ2v) is 7.17. The zero-order valence-electron chi connectivity index (χ0n) is 16.7. The Kier molecular flexibility index (Phi) is 5.62.